The van der Waals surface area contributed by atoms with Gasteiger partial charge >= 0.3 is 6.01 Å². The van der Waals surface area contributed by atoms with Crippen LogP contribution in [-0.2, 0) is 16.1 Å². The minimum absolute atomic E-state index is 0.0235. The summed E-state index contributed by atoms with van der Waals surface area (Å²) in [6.45, 7) is 9.51. The van der Waals surface area contributed by atoms with Gasteiger partial charge in [0.25, 0.3) is 5.91 Å². The molecule has 3 saturated carbocycles. The predicted octanol–water partition coefficient (Wildman–Crippen LogP) is 5.99. The molecule has 3 N–H and O–H groups in total. The number of amides is 3. The highest BCUT2D eigenvalue weighted by Crippen LogP contribution is 2.54. The third-order valence-corrected chi connectivity index (χ3v) is 17.8. The van der Waals surface area contributed by atoms with Crippen molar-refractivity contribution in [3.63, 3.8) is 0 Å². The fourth-order valence-electron chi connectivity index (χ4n) is 13.2. The SMILES string of the molecule is O=C1CC[C@H](N2Cc3cc(N4CCN(C5CC6(CCN(CC7(COc8nc(N9CC%10CCC(C9)N%10)c9cnc(-c%10cc(O)cc(Cl)c%10C%10CC%10)c(F)c9n8)CC7)CC6)C5)CC4)ccc3C2=O)C(=O)N1. The van der Waals surface area contributed by atoms with Crippen LogP contribution < -0.4 is 25.2 Å². The molecule has 9 aliphatic rings. The summed E-state index contributed by atoms with van der Waals surface area (Å²) in [6, 6.07) is 10.1. The van der Waals surface area contributed by atoms with E-state index in [2.05, 4.69) is 41.3 Å². The van der Waals surface area contributed by atoms with Gasteiger partial charge in [-0.25, -0.2) is 4.39 Å². The third kappa shape index (κ3) is 8.06. The van der Waals surface area contributed by atoms with Gasteiger partial charge in [-0.15, -0.1) is 0 Å². The topological polar surface area (TPSA) is 160 Å². The number of rotatable bonds is 11. The molecule has 2 bridgehead atoms. The molecule has 8 heterocycles. The fourth-order valence-corrected chi connectivity index (χ4v) is 13.6. The number of phenols is 1. The van der Waals surface area contributed by atoms with Gasteiger partial charge in [-0.3, -0.25) is 29.6 Å². The number of carbonyl (C=O) groups excluding carboxylic acids is 3. The Kier molecular flexibility index (Phi) is 10.6. The average molecular weight is 960 g/mol. The Balaban J connectivity index is 0.628. The van der Waals surface area contributed by atoms with Crippen molar-refractivity contribution in [2.45, 2.75) is 114 Å². The summed E-state index contributed by atoms with van der Waals surface area (Å²) in [7, 11) is 0. The van der Waals surface area contributed by atoms with Crippen molar-refractivity contribution in [1.82, 2.24) is 40.3 Å². The molecule has 5 saturated heterocycles. The summed E-state index contributed by atoms with van der Waals surface area (Å²) < 4.78 is 23.6. The molecule has 13 rings (SSSR count). The Bertz CT molecular complexity index is 2750. The van der Waals surface area contributed by atoms with Crippen LogP contribution in [0.2, 0.25) is 5.02 Å². The van der Waals surface area contributed by atoms with Crippen molar-refractivity contribution in [1.29, 1.82) is 0 Å². The zero-order valence-electron chi connectivity index (χ0n) is 39.0. The van der Waals surface area contributed by atoms with Gasteiger partial charge in [0.15, 0.2) is 5.82 Å². The highest BCUT2D eigenvalue weighted by Gasteiger charge is 2.51. The maximum absolute atomic E-state index is 17.0. The normalized spacial score (nSPS) is 26.7. The van der Waals surface area contributed by atoms with Crippen LogP contribution in [0.25, 0.3) is 22.2 Å². The number of nitrogens with one attached hydrogen (secondary N) is 2. The maximum atomic E-state index is 17.0. The van der Waals surface area contributed by atoms with E-state index >= 15 is 4.39 Å². The van der Waals surface area contributed by atoms with Gasteiger partial charge in [0, 0.05) is 110 Å². The van der Waals surface area contributed by atoms with Crippen LogP contribution in [0, 0.1) is 16.6 Å². The zero-order valence-corrected chi connectivity index (χ0v) is 39.8. The van der Waals surface area contributed by atoms with Crippen LogP contribution in [0.3, 0.4) is 0 Å². The van der Waals surface area contributed by atoms with E-state index in [9.17, 15) is 19.5 Å². The first-order valence-corrected chi connectivity index (χ1v) is 25.9. The van der Waals surface area contributed by atoms with Crippen molar-refractivity contribution in [3.8, 4) is 23.0 Å². The monoisotopic (exact) mass is 958 g/mol. The van der Waals surface area contributed by atoms with E-state index in [1.165, 1.54) is 31.7 Å². The second-order valence-electron chi connectivity index (χ2n) is 22.1. The van der Waals surface area contributed by atoms with E-state index in [0.717, 1.165) is 114 Å². The quantitative estimate of drug-likeness (QED) is 0.151. The van der Waals surface area contributed by atoms with Gasteiger partial charge < -0.3 is 34.8 Å². The molecule has 2 unspecified atom stereocenters. The smallest absolute Gasteiger partial charge is 0.319 e. The number of carbonyl (C=O) groups is 3. The number of ether oxygens (including phenoxy) is 1. The number of aromatic nitrogens is 3. The van der Waals surface area contributed by atoms with Crippen LogP contribution in [0.5, 0.6) is 11.8 Å². The first kappa shape index (κ1) is 43.8. The summed E-state index contributed by atoms with van der Waals surface area (Å²) in [5, 5.41) is 17.6. The van der Waals surface area contributed by atoms with Crippen molar-refractivity contribution in [2.24, 2.45) is 10.8 Å². The van der Waals surface area contributed by atoms with Crippen LogP contribution in [0.1, 0.15) is 104 Å². The molecule has 69 heavy (non-hydrogen) atoms. The number of aromatic hydroxyl groups is 1. The highest BCUT2D eigenvalue weighted by molar-refractivity contribution is 6.32. The Morgan fingerprint density at radius 3 is 2.36 bits per heavy atom. The molecular formula is C52H60ClFN10O5. The molecule has 8 fully saturated rings. The number of piperazine rings is 2. The van der Waals surface area contributed by atoms with E-state index in [1.54, 1.807) is 17.2 Å². The first-order chi connectivity index (χ1) is 33.5. The Morgan fingerprint density at radius 2 is 1.64 bits per heavy atom. The first-order valence-electron chi connectivity index (χ1n) is 25.5. The van der Waals surface area contributed by atoms with Crippen LogP contribution in [-0.4, -0.2) is 142 Å². The molecule has 0 radical (unpaired) electrons. The molecule has 2 aromatic carbocycles. The number of pyridine rings is 1. The molecule has 4 aromatic rings. The number of likely N-dealkylation sites (tertiary alicyclic amines) is 1. The van der Waals surface area contributed by atoms with Gasteiger partial charge in [-0.1, -0.05) is 11.6 Å². The van der Waals surface area contributed by atoms with Gasteiger partial charge in [-0.2, -0.15) is 9.97 Å². The standard InChI is InChI=1S/C52H60ClFN10O5/c53-40-21-36(65)20-38(43(40)30-1-2-30)45-44(54)46-39(24-55-45)47(63-26-32-3-4-33(27-63)56-32)59-50(58-46)69-29-52(9-10-52)28-60-13-11-51(12-14-60)22-35(23-51)62-17-15-61(16-18-62)34-5-6-37-31(19-34)25-64(49(37)68)41-7-8-42(66)57-48(41)67/h5-6,19-21,24,30,32-33,35,41,56,65H,1-4,7-18,22-23,25-29H2,(H,57,66,67)/t32?,33?,41-/m0/s1. The Hall–Kier alpha value is -5.16. The number of nitrogens with zero attached hydrogens (tertiary/aromatic N) is 8. The van der Waals surface area contributed by atoms with E-state index in [1.807, 2.05) is 12.1 Å². The lowest BCUT2D eigenvalue weighted by Crippen LogP contribution is -2.59. The van der Waals surface area contributed by atoms with Gasteiger partial charge in [0.1, 0.15) is 28.8 Å². The molecule has 2 aromatic heterocycles. The molecule has 3 aliphatic carbocycles. The predicted molar refractivity (Wildman–Crippen MR) is 258 cm³/mol. The number of hydrogen-bond donors (Lipinski definition) is 3. The van der Waals surface area contributed by atoms with Crippen LogP contribution in [0.15, 0.2) is 36.5 Å². The van der Waals surface area contributed by atoms with E-state index in [-0.39, 0.29) is 58.4 Å². The second-order valence-corrected chi connectivity index (χ2v) is 22.5. The number of anilines is 2. The summed E-state index contributed by atoms with van der Waals surface area (Å²) >= 11 is 6.66. The molecular weight excluding hydrogens is 899 g/mol. The van der Waals surface area contributed by atoms with E-state index in [0.29, 0.717) is 70.5 Å². The summed E-state index contributed by atoms with van der Waals surface area (Å²) in [5.74, 6) is -0.487. The lowest BCUT2D eigenvalue weighted by molar-refractivity contribution is -0.136. The number of piperidine rings is 2. The van der Waals surface area contributed by atoms with Crippen LogP contribution in [0.4, 0.5) is 15.9 Å². The van der Waals surface area contributed by atoms with Crippen molar-refractivity contribution >= 4 is 51.7 Å². The summed E-state index contributed by atoms with van der Waals surface area (Å²) in [5.41, 5.74) is 4.83. The Labute approximate surface area is 406 Å². The zero-order chi connectivity index (χ0) is 46.8. The lowest BCUT2D eigenvalue weighted by Gasteiger charge is -2.56. The van der Waals surface area contributed by atoms with Gasteiger partial charge in [-0.05, 0) is 137 Å². The van der Waals surface area contributed by atoms with Gasteiger partial charge in [0.05, 0.1) is 12.0 Å². The number of benzene rings is 2. The van der Waals surface area contributed by atoms with Crippen molar-refractivity contribution in [2.75, 3.05) is 75.3 Å². The minimum Gasteiger partial charge on any atom is -0.508 e. The number of halogens is 2. The molecule has 3 atom stereocenters. The lowest BCUT2D eigenvalue weighted by atomic mass is 9.60. The number of fused-ring (bicyclic) bond motifs is 4. The molecule has 6 aliphatic heterocycles. The van der Waals surface area contributed by atoms with Crippen molar-refractivity contribution < 1.29 is 28.6 Å². The molecule has 1 spiro atoms. The fraction of sp³-hybridized carbons (Fsp3) is 0.577. The van der Waals surface area contributed by atoms with Gasteiger partial charge in [0.2, 0.25) is 11.8 Å². The Morgan fingerprint density at radius 1 is 0.870 bits per heavy atom. The van der Waals surface area contributed by atoms with Crippen LogP contribution >= 0.6 is 11.6 Å². The molecule has 17 heteroatoms. The largest absolute Gasteiger partial charge is 0.508 e. The number of imide groups is 1. The van der Waals surface area contributed by atoms with E-state index in [4.69, 9.17) is 26.3 Å². The third-order valence-electron chi connectivity index (χ3n) is 17.5. The molecule has 3 amide bonds. The summed E-state index contributed by atoms with van der Waals surface area (Å²) in [4.78, 5) is 63.6. The second kappa shape index (κ2) is 16.7. The number of hydrogen-bond acceptors (Lipinski definition) is 13. The van der Waals surface area contributed by atoms with E-state index < -0.39 is 11.9 Å². The maximum Gasteiger partial charge on any atom is 0.319 e. The van der Waals surface area contributed by atoms with Crippen molar-refractivity contribution in [3.05, 3.63) is 64.1 Å². The molecule has 362 valence electrons. The molecule has 15 nitrogen and oxygen atoms in total. The summed E-state index contributed by atoms with van der Waals surface area (Å²) in [6.07, 6.45) is 13.6. The highest BCUT2D eigenvalue weighted by atomic mass is 35.5. The average Bonchev–Trinajstić information content (AvgIpc) is 4.27. The number of phenolic OH excluding ortho intramolecular Hbond substituents is 1. The minimum atomic E-state index is -0.602.